The molecule has 4 nitrogen and oxygen atoms in total. The molecule has 0 bridgehead atoms. The van der Waals surface area contributed by atoms with Crippen LogP contribution in [0.1, 0.15) is 38.5 Å². The lowest BCUT2D eigenvalue weighted by Gasteiger charge is -2.19. The molecule has 1 amide bonds. The molecule has 23 heavy (non-hydrogen) atoms. The average Bonchev–Trinajstić information content (AvgIpc) is 3.02. The molecule has 1 heterocycles. The summed E-state index contributed by atoms with van der Waals surface area (Å²) in [6.07, 6.45) is 6.06. The number of amides is 1. The first-order valence-electron chi connectivity index (χ1n) is 8.66. The van der Waals surface area contributed by atoms with Crippen molar-refractivity contribution >= 4 is 27.5 Å². The third-order valence-electron chi connectivity index (χ3n) is 4.41. The Kier molecular flexibility index (Phi) is 7.89. The standard InChI is InChI=1S/C18H28BrN3O/c19-16-6-5-7-17(12-16)22-11-9-15(14-22)13-21-18(23)8-3-1-2-4-10-20/h5-7,12,15H,1-4,8-11,13-14,20H2,(H,21,23). The summed E-state index contributed by atoms with van der Waals surface area (Å²) in [6, 6.07) is 8.42. The van der Waals surface area contributed by atoms with Crippen LogP contribution in [0.4, 0.5) is 5.69 Å². The van der Waals surface area contributed by atoms with Crippen molar-refractivity contribution in [1.82, 2.24) is 5.32 Å². The van der Waals surface area contributed by atoms with Crippen LogP contribution in [0, 0.1) is 5.92 Å². The van der Waals surface area contributed by atoms with Gasteiger partial charge in [0.1, 0.15) is 0 Å². The first-order valence-corrected chi connectivity index (χ1v) is 9.45. The second-order valence-corrected chi connectivity index (χ2v) is 7.25. The van der Waals surface area contributed by atoms with Crippen LogP contribution in [0.5, 0.6) is 0 Å². The van der Waals surface area contributed by atoms with Crippen molar-refractivity contribution in [1.29, 1.82) is 0 Å². The highest BCUT2D eigenvalue weighted by atomic mass is 79.9. The van der Waals surface area contributed by atoms with E-state index in [4.69, 9.17) is 5.73 Å². The molecule has 0 saturated carbocycles. The van der Waals surface area contributed by atoms with E-state index in [2.05, 4.69) is 44.3 Å². The summed E-state index contributed by atoms with van der Waals surface area (Å²) in [5, 5.41) is 3.10. The maximum Gasteiger partial charge on any atom is 0.220 e. The Morgan fingerprint density at radius 2 is 2.13 bits per heavy atom. The fourth-order valence-electron chi connectivity index (χ4n) is 3.04. The molecule has 0 radical (unpaired) electrons. The molecular formula is C18H28BrN3O. The largest absolute Gasteiger partial charge is 0.371 e. The molecule has 1 saturated heterocycles. The van der Waals surface area contributed by atoms with E-state index in [1.54, 1.807) is 0 Å². The minimum atomic E-state index is 0.193. The molecule has 2 rings (SSSR count). The van der Waals surface area contributed by atoms with Gasteiger partial charge in [0.2, 0.25) is 5.91 Å². The number of halogens is 1. The Morgan fingerprint density at radius 1 is 1.30 bits per heavy atom. The summed E-state index contributed by atoms with van der Waals surface area (Å²) < 4.78 is 1.11. The van der Waals surface area contributed by atoms with E-state index in [1.165, 1.54) is 5.69 Å². The van der Waals surface area contributed by atoms with Crippen LogP contribution in [0.3, 0.4) is 0 Å². The number of nitrogens with zero attached hydrogens (tertiary/aromatic N) is 1. The number of rotatable bonds is 9. The van der Waals surface area contributed by atoms with Crippen LogP contribution in [0.25, 0.3) is 0 Å². The van der Waals surface area contributed by atoms with Crippen molar-refractivity contribution in [3.05, 3.63) is 28.7 Å². The Balaban J connectivity index is 1.63. The van der Waals surface area contributed by atoms with Gasteiger partial charge in [-0.15, -0.1) is 0 Å². The molecule has 1 aliphatic rings. The summed E-state index contributed by atoms with van der Waals surface area (Å²) in [5.74, 6) is 0.744. The van der Waals surface area contributed by atoms with Crippen LogP contribution in [-0.2, 0) is 4.79 Å². The SMILES string of the molecule is NCCCCCCC(=O)NCC1CCN(c2cccc(Br)c2)C1. The number of hydrogen-bond donors (Lipinski definition) is 2. The highest BCUT2D eigenvalue weighted by Crippen LogP contribution is 2.25. The zero-order valence-corrected chi connectivity index (χ0v) is 15.4. The molecule has 1 aromatic rings. The van der Waals surface area contributed by atoms with Gasteiger partial charge in [-0.25, -0.2) is 0 Å². The van der Waals surface area contributed by atoms with E-state index >= 15 is 0 Å². The molecule has 0 aliphatic carbocycles. The van der Waals surface area contributed by atoms with Gasteiger partial charge in [0.15, 0.2) is 0 Å². The minimum Gasteiger partial charge on any atom is -0.371 e. The molecule has 0 aromatic heterocycles. The summed E-state index contributed by atoms with van der Waals surface area (Å²) in [5.41, 5.74) is 6.72. The van der Waals surface area contributed by atoms with E-state index in [0.29, 0.717) is 12.3 Å². The predicted octanol–water partition coefficient (Wildman–Crippen LogP) is 3.30. The number of nitrogens with one attached hydrogen (secondary N) is 1. The average molecular weight is 382 g/mol. The third-order valence-corrected chi connectivity index (χ3v) is 4.90. The number of carbonyl (C=O) groups is 1. The summed E-state index contributed by atoms with van der Waals surface area (Å²) in [7, 11) is 0. The van der Waals surface area contributed by atoms with Crippen LogP contribution in [-0.4, -0.2) is 32.1 Å². The van der Waals surface area contributed by atoms with Crippen molar-refractivity contribution in [2.24, 2.45) is 11.7 Å². The van der Waals surface area contributed by atoms with E-state index in [-0.39, 0.29) is 5.91 Å². The quantitative estimate of drug-likeness (QED) is 0.645. The van der Waals surface area contributed by atoms with Gasteiger partial charge in [-0.3, -0.25) is 4.79 Å². The number of benzene rings is 1. The monoisotopic (exact) mass is 381 g/mol. The minimum absolute atomic E-state index is 0.193. The first kappa shape index (κ1) is 18.3. The molecule has 5 heteroatoms. The maximum atomic E-state index is 11.9. The number of nitrogens with two attached hydrogens (primary N) is 1. The highest BCUT2D eigenvalue weighted by molar-refractivity contribution is 9.10. The van der Waals surface area contributed by atoms with Crippen molar-refractivity contribution in [2.45, 2.75) is 38.5 Å². The number of hydrogen-bond acceptors (Lipinski definition) is 3. The summed E-state index contributed by atoms with van der Waals surface area (Å²) in [4.78, 5) is 14.3. The molecule has 1 aliphatic heterocycles. The Hall–Kier alpha value is -1.07. The van der Waals surface area contributed by atoms with Gasteiger partial charge in [0.25, 0.3) is 0 Å². The third kappa shape index (κ3) is 6.51. The van der Waals surface area contributed by atoms with Crippen LogP contribution >= 0.6 is 15.9 Å². The number of carbonyl (C=O) groups excluding carboxylic acids is 1. The second kappa shape index (κ2) is 9.93. The van der Waals surface area contributed by atoms with Crippen LogP contribution < -0.4 is 16.0 Å². The van der Waals surface area contributed by atoms with Crippen molar-refractivity contribution < 1.29 is 4.79 Å². The lowest BCUT2D eigenvalue weighted by atomic mass is 10.1. The molecule has 1 unspecified atom stereocenters. The zero-order chi connectivity index (χ0) is 16.5. The van der Waals surface area contributed by atoms with Crippen LogP contribution in [0.2, 0.25) is 0 Å². The van der Waals surface area contributed by atoms with Gasteiger partial charge in [-0.2, -0.15) is 0 Å². The molecule has 3 N–H and O–H groups in total. The molecule has 0 spiro atoms. The van der Waals surface area contributed by atoms with Crippen LogP contribution in [0.15, 0.2) is 28.7 Å². The van der Waals surface area contributed by atoms with E-state index in [1.807, 2.05) is 6.07 Å². The van der Waals surface area contributed by atoms with Crippen molar-refractivity contribution in [2.75, 3.05) is 31.1 Å². The van der Waals surface area contributed by atoms with Gasteiger partial charge in [-0.05, 0) is 49.9 Å². The first-order chi connectivity index (χ1) is 11.2. The van der Waals surface area contributed by atoms with Gasteiger partial charge in [0, 0.05) is 36.2 Å². The highest BCUT2D eigenvalue weighted by Gasteiger charge is 2.23. The fraction of sp³-hybridized carbons (Fsp3) is 0.611. The predicted molar refractivity (Wildman–Crippen MR) is 99.6 cm³/mol. The lowest BCUT2D eigenvalue weighted by Crippen LogP contribution is -2.30. The summed E-state index contributed by atoms with van der Waals surface area (Å²) in [6.45, 7) is 3.64. The molecule has 128 valence electrons. The fourth-order valence-corrected chi connectivity index (χ4v) is 3.42. The molecular weight excluding hydrogens is 354 g/mol. The van der Waals surface area contributed by atoms with Gasteiger partial charge >= 0.3 is 0 Å². The second-order valence-electron chi connectivity index (χ2n) is 6.34. The van der Waals surface area contributed by atoms with E-state index in [0.717, 1.165) is 62.8 Å². The van der Waals surface area contributed by atoms with Gasteiger partial charge < -0.3 is 16.0 Å². The lowest BCUT2D eigenvalue weighted by molar-refractivity contribution is -0.121. The Morgan fingerprint density at radius 3 is 2.91 bits per heavy atom. The van der Waals surface area contributed by atoms with E-state index < -0.39 is 0 Å². The normalized spacial score (nSPS) is 17.5. The maximum absolute atomic E-state index is 11.9. The number of unbranched alkanes of at least 4 members (excludes halogenated alkanes) is 3. The topological polar surface area (TPSA) is 58.4 Å². The smallest absolute Gasteiger partial charge is 0.220 e. The van der Waals surface area contributed by atoms with Gasteiger partial charge in [0.05, 0.1) is 0 Å². The van der Waals surface area contributed by atoms with Crippen molar-refractivity contribution in [3.63, 3.8) is 0 Å². The zero-order valence-electron chi connectivity index (χ0n) is 13.8. The Labute approximate surface area is 147 Å². The van der Waals surface area contributed by atoms with Crippen molar-refractivity contribution in [3.8, 4) is 0 Å². The molecule has 1 fully saturated rings. The summed E-state index contributed by atoms with van der Waals surface area (Å²) >= 11 is 3.52. The number of anilines is 1. The Bertz CT molecular complexity index is 495. The molecule has 1 atom stereocenters. The van der Waals surface area contributed by atoms with Gasteiger partial charge in [-0.1, -0.05) is 34.8 Å². The molecule has 1 aromatic carbocycles. The van der Waals surface area contributed by atoms with E-state index in [9.17, 15) is 4.79 Å².